The van der Waals surface area contributed by atoms with Crippen LogP contribution in [0.1, 0.15) is 50.8 Å². The number of nitrogens with zero attached hydrogens (tertiary/aromatic N) is 1. The summed E-state index contributed by atoms with van der Waals surface area (Å²) in [5, 5.41) is 1.12. The lowest BCUT2D eigenvalue weighted by molar-refractivity contribution is -0.169. The number of ether oxygens (including phenoxy) is 2. The van der Waals surface area contributed by atoms with Crippen LogP contribution in [0.2, 0.25) is 0 Å². The molecule has 0 radical (unpaired) electrons. The number of benzene rings is 1. The lowest BCUT2D eigenvalue weighted by Gasteiger charge is -2.61. The fraction of sp³-hybridized carbons (Fsp3) is 0.600. The maximum Gasteiger partial charge on any atom is 0.319 e. The molecule has 1 aliphatic carbocycles. The first-order chi connectivity index (χ1) is 14.9. The maximum absolute atomic E-state index is 13.6. The van der Waals surface area contributed by atoms with E-state index in [0.717, 1.165) is 54.6 Å². The van der Waals surface area contributed by atoms with Crippen LogP contribution in [0.15, 0.2) is 18.2 Å². The zero-order valence-electron chi connectivity index (χ0n) is 18.9. The van der Waals surface area contributed by atoms with E-state index >= 15 is 0 Å². The highest BCUT2D eigenvalue weighted by Crippen LogP contribution is 2.58. The average Bonchev–Trinajstić information content (AvgIpc) is 3.09. The van der Waals surface area contributed by atoms with Gasteiger partial charge in [0.2, 0.25) is 0 Å². The van der Waals surface area contributed by atoms with E-state index in [-0.39, 0.29) is 23.8 Å². The number of esters is 1. The first-order valence-corrected chi connectivity index (χ1v) is 11.5. The number of ketones is 1. The quantitative estimate of drug-likeness (QED) is 0.743. The van der Waals surface area contributed by atoms with E-state index in [1.807, 2.05) is 12.1 Å². The van der Waals surface area contributed by atoms with E-state index in [0.29, 0.717) is 18.3 Å². The zero-order chi connectivity index (χ0) is 21.9. The van der Waals surface area contributed by atoms with Crippen LogP contribution < -0.4 is 4.74 Å². The van der Waals surface area contributed by atoms with Gasteiger partial charge < -0.3 is 14.5 Å². The first-order valence-electron chi connectivity index (χ1n) is 11.5. The highest BCUT2D eigenvalue weighted by atomic mass is 16.5. The number of H-pyrrole nitrogens is 1. The Morgan fingerprint density at radius 3 is 2.77 bits per heavy atom. The number of carbonyl (C=O) groups excluding carboxylic acids is 2. The Bertz CT molecular complexity index is 1040. The minimum absolute atomic E-state index is 0.0514. The van der Waals surface area contributed by atoms with Crippen molar-refractivity contribution < 1.29 is 19.1 Å². The largest absolute Gasteiger partial charge is 0.497 e. The Kier molecular flexibility index (Phi) is 4.88. The first kappa shape index (κ1) is 20.6. The van der Waals surface area contributed by atoms with E-state index in [9.17, 15) is 9.59 Å². The van der Waals surface area contributed by atoms with Crippen molar-refractivity contribution in [2.75, 3.05) is 20.8 Å². The summed E-state index contributed by atoms with van der Waals surface area (Å²) in [6, 6.07) is 6.34. The lowest BCUT2D eigenvalue weighted by Crippen LogP contribution is -2.70. The number of aromatic nitrogens is 1. The summed E-state index contributed by atoms with van der Waals surface area (Å²) < 4.78 is 11.0. The molecule has 31 heavy (non-hydrogen) atoms. The van der Waals surface area contributed by atoms with E-state index in [4.69, 9.17) is 9.47 Å². The van der Waals surface area contributed by atoms with Gasteiger partial charge in [0.25, 0.3) is 0 Å². The van der Waals surface area contributed by atoms with Gasteiger partial charge in [-0.1, -0.05) is 13.3 Å². The van der Waals surface area contributed by atoms with Crippen LogP contribution in [0, 0.1) is 11.8 Å². The molecule has 2 saturated heterocycles. The molecular weight excluding hydrogens is 392 g/mol. The second kappa shape index (κ2) is 7.37. The van der Waals surface area contributed by atoms with Gasteiger partial charge in [0, 0.05) is 41.6 Å². The van der Waals surface area contributed by atoms with Gasteiger partial charge >= 0.3 is 5.97 Å². The van der Waals surface area contributed by atoms with Crippen LogP contribution >= 0.6 is 0 Å². The minimum atomic E-state index is -0.719. The normalized spacial score (nSPS) is 33.6. The SMILES string of the molecule is CC[C@H]1C[C@@H]2C[C@@]3(C(=O)OC)c4[nH]c5ccc(OC)cc5c4CCN([C@@H]2CC(C)=O)[C@@H]13. The summed E-state index contributed by atoms with van der Waals surface area (Å²) >= 11 is 0. The molecule has 4 bridgehead atoms. The molecule has 1 saturated carbocycles. The topological polar surface area (TPSA) is 71.6 Å². The van der Waals surface area contributed by atoms with Crippen molar-refractivity contribution in [3.8, 4) is 5.75 Å². The number of Topliss-reactive ketones (excluding diaryl/α,β-unsaturated/α-hetero) is 1. The van der Waals surface area contributed by atoms with Gasteiger partial charge in [-0.15, -0.1) is 0 Å². The molecule has 166 valence electrons. The number of nitrogens with one attached hydrogen (secondary N) is 1. The van der Waals surface area contributed by atoms with Gasteiger partial charge in [0.1, 0.15) is 16.9 Å². The van der Waals surface area contributed by atoms with Crippen molar-refractivity contribution in [3.05, 3.63) is 29.5 Å². The van der Waals surface area contributed by atoms with Crippen LogP contribution in [0.25, 0.3) is 10.9 Å². The molecule has 6 atom stereocenters. The van der Waals surface area contributed by atoms with Crippen molar-refractivity contribution in [2.45, 2.75) is 63.5 Å². The second-order valence-corrected chi connectivity index (χ2v) is 9.63. The molecule has 0 amide bonds. The molecule has 3 fully saturated rings. The lowest BCUT2D eigenvalue weighted by atomic mass is 9.54. The third-order valence-corrected chi connectivity index (χ3v) is 8.22. The molecule has 4 aliphatic rings. The molecule has 1 unspecified atom stereocenters. The van der Waals surface area contributed by atoms with E-state index in [2.05, 4.69) is 22.9 Å². The number of aromatic amines is 1. The van der Waals surface area contributed by atoms with Crippen LogP contribution in [0.4, 0.5) is 0 Å². The Balaban J connectivity index is 1.75. The summed E-state index contributed by atoms with van der Waals surface area (Å²) in [6.45, 7) is 4.76. The van der Waals surface area contributed by atoms with E-state index in [1.165, 1.54) is 12.7 Å². The monoisotopic (exact) mass is 424 g/mol. The molecule has 1 aromatic heterocycles. The Morgan fingerprint density at radius 2 is 2.10 bits per heavy atom. The number of methoxy groups -OCH3 is 2. The summed E-state index contributed by atoms with van der Waals surface area (Å²) in [4.78, 5) is 31.9. The third kappa shape index (κ3) is 2.80. The average molecular weight is 425 g/mol. The Morgan fingerprint density at radius 1 is 1.29 bits per heavy atom. The Hall–Kier alpha value is -2.34. The number of carbonyl (C=O) groups is 2. The van der Waals surface area contributed by atoms with Crippen LogP contribution in [0.3, 0.4) is 0 Å². The highest BCUT2D eigenvalue weighted by Gasteiger charge is 2.65. The minimum Gasteiger partial charge on any atom is -0.497 e. The fourth-order valence-corrected chi connectivity index (χ4v) is 7.11. The summed E-state index contributed by atoms with van der Waals surface area (Å²) in [7, 11) is 3.19. The van der Waals surface area contributed by atoms with Crippen molar-refractivity contribution in [1.29, 1.82) is 0 Å². The molecule has 1 aromatic carbocycles. The smallest absolute Gasteiger partial charge is 0.319 e. The van der Waals surface area contributed by atoms with Crippen molar-refractivity contribution in [3.63, 3.8) is 0 Å². The van der Waals surface area contributed by atoms with Crippen LogP contribution in [0.5, 0.6) is 5.75 Å². The van der Waals surface area contributed by atoms with Crippen LogP contribution in [-0.2, 0) is 26.2 Å². The van der Waals surface area contributed by atoms with Gasteiger partial charge in [-0.05, 0) is 61.8 Å². The molecule has 4 heterocycles. The number of rotatable bonds is 5. The molecule has 6 nitrogen and oxygen atoms in total. The fourth-order valence-electron chi connectivity index (χ4n) is 7.11. The van der Waals surface area contributed by atoms with E-state index in [1.54, 1.807) is 14.0 Å². The number of hydrogen-bond acceptors (Lipinski definition) is 5. The number of fused-ring (bicyclic) bond motifs is 4. The van der Waals surface area contributed by atoms with Crippen molar-refractivity contribution in [2.24, 2.45) is 11.8 Å². The predicted octanol–water partition coefficient (Wildman–Crippen LogP) is 3.61. The molecule has 3 aliphatic heterocycles. The summed E-state index contributed by atoms with van der Waals surface area (Å²) in [5.74, 6) is 1.62. The Labute approximate surface area is 183 Å². The van der Waals surface area contributed by atoms with Gasteiger partial charge in [0.15, 0.2) is 0 Å². The molecule has 6 heteroatoms. The van der Waals surface area contributed by atoms with Gasteiger partial charge in [-0.2, -0.15) is 0 Å². The second-order valence-electron chi connectivity index (χ2n) is 9.63. The molecular formula is C25H32N2O4. The zero-order valence-corrected chi connectivity index (χ0v) is 18.9. The maximum atomic E-state index is 13.6. The molecule has 2 aromatic rings. The standard InChI is InChI=1S/C25H32N2O4/c1-5-15-11-16-13-25(24(29)31-4)22-18(19-12-17(30-3)6-7-20(19)26-22)8-9-27(23(15)25)21(16)10-14(2)28/h6-7,12,15-16,21,23,26H,5,8-11,13H2,1-4H3/t15-,16+,21+,23-,25+/m0/s1. The van der Waals surface area contributed by atoms with Gasteiger partial charge in [-0.3, -0.25) is 14.5 Å². The highest BCUT2D eigenvalue weighted by molar-refractivity contribution is 5.92. The summed E-state index contributed by atoms with van der Waals surface area (Å²) in [6.07, 6.45) is 4.25. The summed E-state index contributed by atoms with van der Waals surface area (Å²) in [5.41, 5.74) is 2.55. The third-order valence-electron chi connectivity index (χ3n) is 8.22. The molecule has 1 N–H and O–H groups in total. The van der Waals surface area contributed by atoms with Gasteiger partial charge in [0.05, 0.1) is 14.2 Å². The van der Waals surface area contributed by atoms with Gasteiger partial charge in [-0.25, -0.2) is 0 Å². The van der Waals surface area contributed by atoms with E-state index < -0.39 is 5.41 Å². The van der Waals surface area contributed by atoms with Crippen molar-refractivity contribution in [1.82, 2.24) is 9.88 Å². The number of piperidine rings is 2. The van der Waals surface area contributed by atoms with Crippen LogP contribution in [-0.4, -0.2) is 54.5 Å². The molecule has 0 spiro atoms. The number of hydrogen-bond donors (Lipinski definition) is 1. The van der Waals surface area contributed by atoms with Crippen molar-refractivity contribution >= 4 is 22.7 Å². The predicted molar refractivity (Wildman–Crippen MR) is 118 cm³/mol. The molecule has 6 rings (SSSR count).